The molecule has 0 fully saturated rings. The molecular weight excluding hydrogens is 244 g/mol. The molecule has 0 saturated carbocycles. The average Bonchev–Trinajstić information content (AvgIpc) is 2.26. The number of aryl methyl sites for hydroxylation is 2. The van der Waals surface area contributed by atoms with Gasteiger partial charge < -0.3 is 9.84 Å². The maximum absolute atomic E-state index is 9.36. The third-order valence-electron chi connectivity index (χ3n) is 2.81. The van der Waals surface area contributed by atoms with E-state index < -0.39 is 0 Å². The van der Waals surface area contributed by atoms with E-state index in [1.54, 1.807) is 11.8 Å². The summed E-state index contributed by atoms with van der Waals surface area (Å²) in [5, 5.41) is 9.66. The number of aliphatic hydroxyl groups is 1. The molecule has 1 rings (SSSR count). The van der Waals surface area contributed by atoms with Crippen LogP contribution >= 0.6 is 11.8 Å². The Bertz CT molecular complexity index is 343. The van der Waals surface area contributed by atoms with E-state index in [1.807, 2.05) is 6.92 Å². The number of hydrogen-bond acceptors (Lipinski definition) is 3. The highest BCUT2D eigenvalue weighted by atomic mass is 32.2. The van der Waals surface area contributed by atoms with Crippen LogP contribution in [0, 0.1) is 13.8 Å². The molecule has 1 N–H and O–H groups in total. The van der Waals surface area contributed by atoms with Crippen LogP contribution in [0.3, 0.4) is 0 Å². The van der Waals surface area contributed by atoms with Gasteiger partial charge in [-0.1, -0.05) is 13.0 Å². The van der Waals surface area contributed by atoms with Crippen molar-refractivity contribution < 1.29 is 9.84 Å². The molecular formula is C15H24O2S. The van der Waals surface area contributed by atoms with Crippen LogP contribution in [0.15, 0.2) is 18.2 Å². The van der Waals surface area contributed by atoms with Crippen LogP contribution in [0.1, 0.15) is 31.4 Å². The largest absolute Gasteiger partial charge is 0.494 e. The SMILES string of the molecule is Cc1cc(C)cc(OCCCSC(C)C(C)O)c1. The van der Waals surface area contributed by atoms with Gasteiger partial charge in [-0.05, 0) is 56.2 Å². The zero-order valence-corrected chi connectivity index (χ0v) is 12.6. The summed E-state index contributed by atoms with van der Waals surface area (Å²) in [7, 11) is 0. The first-order valence-electron chi connectivity index (χ1n) is 6.50. The van der Waals surface area contributed by atoms with Gasteiger partial charge in [0.05, 0.1) is 12.7 Å². The minimum Gasteiger partial charge on any atom is -0.494 e. The van der Waals surface area contributed by atoms with Gasteiger partial charge in [-0.15, -0.1) is 0 Å². The smallest absolute Gasteiger partial charge is 0.119 e. The molecule has 1 aromatic rings. The number of ether oxygens (including phenoxy) is 1. The molecule has 2 unspecified atom stereocenters. The van der Waals surface area contributed by atoms with E-state index in [-0.39, 0.29) is 6.10 Å². The van der Waals surface area contributed by atoms with Gasteiger partial charge in [0.1, 0.15) is 5.75 Å². The first kappa shape index (κ1) is 15.4. The summed E-state index contributed by atoms with van der Waals surface area (Å²) in [5.41, 5.74) is 2.48. The molecule has 18 heavy (non-hydrogen) atoms. The lowest BCUT2D eigenvalue weighted by molar-refractivity contribution is 0.196. The summed E-state index contributed by atoms with van der Waals surface area (Å²) in [6.07, 6.45) is 0.768. The molecule has 102 valence electrons. The van der Waals surface area contributed by atoms with Gasteiger partial charge >= 0.3 is 0 Å². The Balaban J connectivity index is 2.22. The summed E-state index contributed by atoms with van der Waals surface area (Å²) in [6.45, 7) is 8.80. The standard InChI is InChI=1S/C15H24O2S/c1-11-8-12(2)10-15(9-11)17-6-5-7-18-14(4)13(3)16/h8-10,13-14,16H,5-7H2,1-4H3. The maximum Gasteiger partial charge on any atom is 0.119 e. The Morgan fingerprint density at radius 2 is 1.78 bits per heavy atom. The second-order valence-electron chi connectivity index (χ2n) is 4.84. The Labute approximate surface area is 115 Å². The predicted molar refractivity (Wildman–Crippen MR) is 79.6 cm³/mol. The third-order valence-corrected chi connectivity index (χ3v) is 4.26. The molecule has 2 atom stereocenters. The quantitative estimate of drug-likeness (QED) is 0.767. The van der Waals surface area contributed by atoms with Crippen molar-refractivity contribution in [2.45, 2.75) is 45.5 Å². The lowest BCUT2D eigenvalue weighted by Gasteiger charge is -2.14. The maximum atomic E-state index is 9.36. The first-order valence-corrected chi connectivity index (χ1v) is 7.54. The van der Waals surface area contributed by atoms with Crippen LogP contribution in [0.4, 0.5) is 0 Å². The predicted octanol–water partition coefficient (Wildman–Crippen LogP) is 3.57. The molecule has 0 aromatic heterocycles. The second-order valence-corrected chi connectivity index (χ2v) is 6.33. The van der Waals surface area contributed by atoms with Crippen molar-refractivity contribution in [2.75, 3.05) is 12.4 Å². The summed E-state index contributed by atoms with van der Waals surface area (Å²) in [4.78, 5) is 0. The molecule has 0 heterocycles. The number of rotatable bonds is 7. The fraction of sp³-hybridized carbons (Fsp3) is 0.600. The van der Waals surface area contributed by atoms with Gasteiger partial charge in [0.25, 0.3) is 0 Å². The number of benzene rings is 1. The molecule has 1 aromatic carbocycles. The van der Waals surface area contributed by atoms with E-state index in [2.05, 4.69) is 39.0 Å². The van der Waals surface area contributed by atoms with E-state index >= 15 is 0 Å². The topological polar surface area (TPSA) is 29.5 Å². The van der Waals surface area contributed by atoms with E-state index in [4.69, 9.17) is 4.74 Å². The van der Waals surface area contributed by atoms with Gasteiger partial charge in [0.15, 0.2) is 0 Å². The molecule has 0 spiro atoms. The normalized spacial score (nSPS) is 14.3. The summed E-state index contributed by atoms with van der Waals surface area (Å²) >= 11 is 1.80. The van der Waals surface area contributed by atoms with Crippen LogP contribution in [0.2, 0.25) is 0 Å². The van der Waals surface area contributed by atoms with Crippen LogP contribution in [-0.2, 0) is 0 Å². The Hall–Kier alpha value is -0.670. The van der Waals surface area contributed by atoms with Crippen molar-refractivity contribution in [3.63, 3.8) is 0 Å². The van der Waals surface area contributed by atoms with Crippen LogP contribution < -0.4 is 4.74 Å². The van der Waals surface area contributed by atoms with Crippen molar-refractivity contribution in [1.82, 2.24) is 0 Å². The summed E-state index contributed by atoms with van der Waals surface area (Å²) in [5.74, 6) is 1.98. The molecule has 2 nitrogen and oxygen atoms in total. The van der Waals surface area contributed by atoms with Gasteiger partial charge in [0.2, 0.25) is 0 Å². The van der Waals surface area contributed by atoms with E-state index in [1.165, 1.54) is 11.1 Å². The second kappa shape index (κ2) is 7.70. The third kappa shape index (κ3) is 5.78. The highest BCUT2D eigenvalue weighted by Crippen LogP contribution is 2.18. The highest BCUT2D eigenvalue weighted by Gasteiger charge is 2.08. The molecule has 0 saturated heterocycles. The van der Waals surface area contributed by atoms with Gasteiger partial charge in [-0.3, -0.25) is 0 Å². The minimum atomic E-state index is -0.240. The fourth-order valence-corrected chi connectivity index (χ4v) is 2.61. The van der Waals surface area contributed by atoms with Crippen LogP contribution in [0.25, 0.3) is 0 Å². The average molecular weight is 268 g/mol. The zero-order valence-electron chi connectivity index (χ0n) is 11.8. The number of thioether (sulfide) groups is 1. The van der Waals surface area contributed by atoms with Gasteiger partial charge in [0, 0.05) is 5.25 Å². The van der Waals surface area contributed by atoms with Crippen LogP contribution in [0.5, 0.6) is 5.75 Å². The van der Waals surface area contributed by atoms with E-state index in [0.717, 1.165) is 24.5 Å². The first-order chi connectivity index (χ1) is 8.49. The molecule has 0 bridgehead atoms. The van der Waals surface area contributed by atoms with E-state index in [9.17, 15) is 5.11 Å². The molecule has 0 aliphatic carbocycles. The molecule has 0 aliphatic rings. The summed E-state index contributed by atoms with van der Waals surface area (Å²) < 4.78 is 5.73. The lowest BCUT2D eigenvalue weighted by Crippen LogP contribution is -2.16. The van der Waals surface area contributed by atoms with Crippen molar-refractivity contribution >= 4 is 11.8 Å². The molecule has 0 aliphatic heterocycles. The minimum absolute atomic E-state index is 0.240. The number of hydrogen-bond donors (Lipinski definition) is 1. The van der Waals surface area contributed by atoms with Crippen molar-refractivity contribution in [2.24, 2.45) is 0 Å². The van der Waals surface area contributed by atoms with Crippen molar-refractivity contribution in [3.05, 3.63) is 29.3 Å². The molecule has 0 amide bonds. The monoisotopic (exact) mass is 268 g/mol. The van der Waals surface area contributed by atoms with Crippen molar-refractivity contribution in [1.29, 1.82) is 0 Å². The Morgan fingerprint density at radius 3 is 2.33 bits per heavy atom. The number of aliphatic hydroxyl groups excluding tert-OH is 1. The highest BCUT2D eigenvalue weighted by molar-refractivity contribution is 7.99. The molecule has 0 radical (unpaired) electrons. The summed E-state index contributed by atoms with van der Waals surface area (Å²) in [6, 6.07) is 6.28. The van der Waals surface area contributed by atoms with Gasteiger partial charge in [-0.2, -0.15) is 11.8 Å². The Morgan fingerprint density at radius 1 is 1.17 bits per heavy atom. The van der Waals surface area contributed by atoms with Crippen LogP contribution in [-0.4, -0.2) is 28.8 Å². The van der Waals surface area contributed by atoms with Crippen molar-refractivity contribution in [3.8, 4) is 5.75 Å². The lowest BCUT2D eigenvalue weighted by atomic mass is 10.1. The van der Waals surface area contributed by atoms with Gasteiger partial charge in [-0.25, -0.2) is 0 Å². The van der Waals surface area contributed by atoms with E-state index in [0.29, 0.717) is 5.25 Å². The Kier molecular flexibility index (Phi) is 6.58. The zero-order chi connectivity index (χ0) is 13.5. The fourth-order valence-electron chi connectivity index (χ4n) is 1.67. The molecule has 3 heteroatoms.